The number of likely N-dealkylation sites (tertiary alicyclic amines) is 1. The Bertz CT molecular complexity index is 1380. The molecule has 3 aromatic heterocycles. The van der Waals surface area contributed by atoms with E-state index >= 15 is 0 Å². The van der Waals surface area contributed by atoms with Crippen LogP contribution in [0.3, 0.4) is 0 Å². The highest BCUT2D eigenvalue weighted by Crippen LogP contribution is 2.41. The zero-order chi connectivity index (χ0) is 25.9. The second-order valence-electron chi connectivity index (χ2n) is 9.70. The molecule has 0 unspecified atom stereocenters. The molecular weight excluding hydrogens is 484 g/mol. The number of fused-ring (bicyclic) bond motifs is 1. The molecule has 1 saturated heterocycles. The molecule has 37 heavy (non-hydrogen) atoms. The van der Waals surface area contributed by atoms with Gasteiger partial charge < -0.3 is 25.4 Å². The number of ether oxygens (including phenoxy) is 2. The maximum atomic E-state index is 6.23. The Balaban J connectivity index is 1.51. The number of methoxy groups -OCH3 is 1. The topological polar surface area (TPSA) is 98.4 Å². The molecule has 8 nitrogen and oxygen atoms in total. The summed E-state index contributed by atoms with van der Waals surface area (Å²) in [4.78, 5) is 17.3. The van der Waals surface area contributed by atoms with E-state index in [9.17, 15) is 0 Å². The largest absolute Gasteiger partial charge is 0.489 e. The lowest BCUT2D eigenvalue weighted by Gasteiger charge is -2.29. The third-order valence-electron chi connectivity index (χ3n) is 6.73. The lowest BCUT2D eigenvalue weighted by Crippen LogP contribution is -2.29. The Kier molecular flexibility index (Phi) is 7.55. The number of hydrogen-bond acceptors (Lipinski definition) is 9. The third-order valence-corrected chi connectivity index (χ3v) is 7.86. The Morgan fingerprint density at radius 3 is 2.73 bits per heavy atom. The molecule has 0 saturated carbocycles. The Morgan fingerprint density at radius 1 is 1.19 bits per heavy atom. The molecule has 0 radical (unpaired) electrons. The summed E-state index contributed by atoms with van der Waals surface area (Å²) in [5, 5.41) is 3.41. The van der Waals surface area contributed by atoms with Crippen LogP contribution in [0.2, 0.25) is 0 Å². The molecule has 1 aromatic carbocycles. The number of rotatable bonds is 8. The van der Waals surface area contributed by atoms with Gasteiger partial charge in [-0.3, -0.25) is 0 Å². The molecule has 1 aliphatic heterocycles. The van der Waals surface area contributed by atoms with Crippen LogP contribution in [0.25, 0.3) is 21.3 Å². The molecule has 1 fully saturated rings. The lowest BCUT2D eigenvalue weighted by molar-refractivity contribution is 0.241. The summed E-state index contributed by atoms with van der Waals surface area (Å²) < 4.78 is 12.7. The van der Waals surface area contributed by atoms with Gasteiger partial charge in [-0.15, -0.1) is 11.3 Å². The molecule has 9 heteroatoms. The monoisotopic (exact) mass is 518 g/mol. The first-order valence-corrected chi connectivity index (χ1v) is 13.5. The second kappa shape index (κ2) is 11.0. The molecule has 4 heterocycles. The zero-order valence-corrected chi connectivity index (χ0v) is 22.6. The van der Waals surface area contributed by atoms with Crippen molar-refractivity contribution in [3.63, 3.8) is 0 Å². The van der Waals surface area contributed by atoms with Crippen molar-refractivity contribution in [2.24, 2.45) is 5.73 Å². The maximum absolute atomic E-state index is 6.23. The van der Waals surface area contributed by atoms with Crippen LogP contribution in [0.15, 0.2) is 42.7 Å². The standard InChI is InChI=1S/C28H34N6O2S/c1-17(2)36-22-14-19(18-9-12-34(3)13-10-18)7-8-21(22)32-28-31-16-24-26(33-28)25(23(15-29)37-24)20-6-5-11-30-27(20)35-4/h5-8,11,14,16-18H,9-10,12-13,15,29H2,1-4H3,(H,31,32,33). The van der Waals surface area contributed by atoms with Crippen molar-refractivity contribution < 1.29 is 9.47 Å². The summed E-state index contributed by atoms with van der Waals surface area (Å²) in [5.74, 6) is 2.41. The van der Waals surface area contributed by atoms with Crippen molar-refractivity contribution in [3.8, 4) is 22.8 Å². The predicted octanol–water partition coefficient (Wildman–Crippen LogP) is 5.56. The summed E-state index contributed by atoms with van der Waals surface area (Å²) in [6, 6.07) is 10.3. The van der Waals surface area contributed by atoms with Crippen LogP contribution in [-0.2, 0) is 6.54 Å². The van der Waals surface area contributed by atoms with Crippen LogP contribution in [0.5, 0.6) is 11.6 Å². The highest BCUT2D eigenvalue weighted by molar-refractivity contribution is 7.19. The van der Waals surface area contributed by atoms with Gasteiger partial charge in [0.25, 0.3) is 0 Å². The van der Waals surface area contributed by atoms with Crippen molar-refractivity contribution in [2.45, 2.75) is 45.3 Å². The van der Waals surface area contributed by atoms with Gasteiger partial charge in [0, 0.05) is 28.7 Å². The second-order valence-corrected chi connectivity index (χ2v) is 10.8. The Hall–Kier alpha value is -3.27. The number of piperidine rings is 1. The van der Waals surface area contributed by atoms with Gasteiger partial charge in [-0.1, -0.05) is 6.07 Å². The van der Waals surface area contributed by atoms with Gasteiger partial charge in [0.1, 0.15) is 5.75 Å². The number of benzene rings is 1. The molecule has 194 valence electrons. The molecule has 4 aromatic rings. The van der Waals surface area contributed by atoms with Crippen LogP contribution >= 0.6 is 11.3 Å². The van der Waals surface area contributed by atoms with Gasteiger partial charge in [-0.05, 0) is 82.6 Å². The normalized spacial score (nSPS) is 14.9. The number of nitrogens with one attached hydrogen (secondary N) is 1. The smallest absolute Gasteiger partial charge is 0.227 e. The van der Waals surface area contributed by atoms with Crippen molar-refractivity contribution in [1.29, 1.82) is 0 Å². The SMILES string of the molecule is COc1ncccc1-c1c(CN)sc2cnc(Nc3ccc(C4CCN(C)CC4)cc3OC(C)C)nc12. The molecule has 3 N–H and O–H groups in total. The first-order valence-electron chi connectivity index (χ1n) is 12.7. The molecular formula is C28H34N6O2S. The van der Waals surface area contributed by atoms with E-state index in [1.165, 1.54) is 5.56 Å². The highest BCUT2D eigenvalue weighted by atomic mass is 32.1. The van der Waals surface area contributed by atoms with E-state index in [0.717, 1.165) is 63.6 Å². The third kappa shape index (κ3) is 5.39. The van der Waals surface area contributed by atoms with Gasteiger partial charge in [0.15, 0.2) is 0 Å². The molecule has 0 aliphatic carbocycles. The number of anilines is 2. The molecule has 0 amide bonds. The number of thiophene rings is 1. The van der Waals surface area contributed by atoms with Gasteiger partial charge in [0.05, 0.1) is 35.3 Å². The number of pyridine rings is 1. The van der Waals surface area contributed by atoms with E-state index in [-0.39, 0.29) is 6.10 Å². The first-order chi connectivity index (χ1) is 18.0. The fraction of sp³-hybridized carbons (Fsp3) is 0.393. The van der Waals surface area contributed by atoms with Crippen molar-refractivity contribution in [3.05, 3.63) is 53.2 Å². The average Bonchev–Trinajstić information content (AvgIpc) is 3.27. The predicted molar refractivity (Wildman–Crippen MR) is 150 cm³/mol. The van der Waals surface area contributed by atoms with Gasteiger partial charge in [-0.2, -0.15) is 0 Å². The van der Waals surface area contributed by atoms with Crippen LogP contribution in [0, 0.1) is 0 Å². The minimum Gasteiger partial charge on any atom is -0.489 e. The number of aromatic nitrogens is 3. The minimum atomic E-state index is 0.0466. The van der Waals surface area contributed by atoms with E-state index < -0.39 is 0 Å². The molecule has 0 bridgehead atoms. The molecule has 5 rings (SSSR count). The van der Waals surface area contributed by atoms with E-state index in [1.807, 2.05) is 32.2 Å². The number of hydrogen-bond donors (Lipinski definition) is 2. The summed E-state index contributed by atoms with van der Waals surface area (Å²) in [5.41, 5.74) is 10.9. The van der Waals surface area contributed by atoms with E-state index in [4.69, 9.17) is 20.2 Å². The van der Waals surface area contributed by atoms with E-state index in [0.29, 0.717) is 24.3 Å². The fourth-order valence-corrected chi connectivity index (χ4v) is 5.88. The maximum Gasteiger partial charge on any atom is 0.227 e. The molecule has 0 spiro atoms. The first kappa shape index (κ1) is 25.4. The van der Waals surface area contributed by atoms with Gasteiger partial charge >= 0.3 is 0 Å². The van der Waals surface area contributed by atoms with Crippen LogP contribution in [0.1, 0.15) is 43.0 Å². The average molecular weight is 519 g/mol. The van der Waals surface area contributed by atoms with E-state index in [1.54, 1.807) is 24.6 Å². The van der Waals surface area contributed by atoms with Crippen LogP contribution in [0.4, 0.5) is 11.6 Å². The molecule has 1 aliphatic rings. The fourth-order valence-electron chi connectivity index (χ4n) is 4.88. The van der Waals surface area contributed by atoms with Crippen molar-refractivity contribution in [2.75, 3.05) is 32.6 Å². The van der Waals surface area contributed by atoms with Gasteiger partial charge in [0.2, 0.25) is 11.8 Å². The summed E-state index contributed by atoms with van der Waals surface area (Å²) in [6.07, 6.45) is 5.92. The highest BCUT2D eigenvalue weighted by Gasteiger charge is 2.22. The zero-order valence-electron chi connectivity index (χ0n) is 21.8. The minimum absolute atomic E-state index is 0.0466. The van der Waals surface area contributed by atoms with Crippen molar-refractivity contribution in [1.82, 2.24) is 19.9 Å². The summed E-state index contributed by atoms with van der Waals surface area (Å²) in [7, 11) is 3.81. The number of nitrogens with two attached hydrogens (primary N) is 1. The summed E-state index contributed by atoms with van der Waals surface area (Å²) >= 11 is 1.59. The van der Waals surface area contributed by atoms with Crippen LogP contribution in [-0.4, -0.2) is 53.2 Å². The Labute approximate surface area is 221 Å². The molecule has 0 atom stereocenters. The van der Waals surface area contributed by atoms with E-state index in [2.05, 4.69) is 45.4 Å². The Morgan fingerprint density at radius 2 is 2.00 bits per heavy atom. The van der Waals surface area contributed by atoms with Gasteiger partial charge in [-0.25, -0.2) is 15.0 Å². The van der Waals surface area contributed by atoms with Crippen molar-refractivity contribution >= 4 is 33.2 Å². The lowest BCUT2D eigenvalue weighted by atomic mass is 9.89. The quantitative estimate of drug-likeness (QED) is 0.313. The van der Waals surface area contributed by atoms with Crippen LogP contribution < -0.4 is 20.5 Å². The summed E-state index contributed by atoms with van der Waals surface area (Å²) in [6.45, 7) is 6.72. The number of nitrogens with zero attached hydrogens (tertiary/aromatic N) is 4.